The smallest absolute Gasteiger partial charge is 0.443 e. The van der Waals surface area contributed by atoms with Crippen molar-refractivity contribution in [2.45, 2.75) is 30.4 Å². The van der Waals surface area contributed by atoms with Crippen molar-refractivity contribution in [2.24, 2.45) is 5.73 Å². The Kier molecular flexibility index (Phi) is 7.04. The Morgan fingerprint density at radius 3 is 2.45 bits per heavy atom. The van der Waals surface area contributed by atoms with Crippen LogP contribution >= 0.6 is 22.7 Å². The molecule has 0 fully saturated rings. The van der Waals surface area contributed by atoms with Crippen molar-refractivity contribution in [3.63, 3.8) is 0 Å². The van der Waals surface area contributed by atoms with Crippen LogP contribution in [0, 0.1) is 6.92 Å². The number of hydrogen-bond acceptors (Lipinski definition) is 9. The molecule has 3 rings (SSSR count). The molecule has 3 aromatic rings. The molecule has 0 saturated carbocycles. The highest BCUT2D eigenvalue weighted by atomic mass is 32.2. The summed E-state index contributed by atoms with van der Waals surface area (Å²) in [7, 11) is -5.45. The van der Waals surface area contributed by atoms with E-state index in [1.54, 1.807) is 12.3 Å². The fraction of sp³-hybridized carbons (Fsp3) is 0.222. The van der Waals surface area contributed by atoms with Crippen LogP contribution in [0.2, 0.25) is 0 Å². The van der Waals surface area contributed by atoms with Gasteiger partial charge in [0, 0.05) is 5.38 Å². The van der Waals surface area contributed by atoms with Crippen LogP contribution in [0.1, 0.15) is 16.3 Å². The third kappa shape index (κ3) is 5.85. The van der Waals surface area contributed by atoms with Crippen LogP contribution in [-0.4, -0.2) is 35.9 Å². The Morgan fingerprint density at radius 2 is 1.85 bits per heavy atom. The molecule has 3 N–H and O–H groups in total. The molecule has 2 aromatic heterocycles. The second-order valence-electron chi connectivity index (χ2n) is 6.47. The van der Waals surface area contributed by atoms with Gasteiger partial charge in [-0.05, 0) is 24.6 Å². The molecule has 176 valence electrons. The molecule has 2 amide bonds. The molecule has 0 radical (unpaired) electrons. The first-order chi connectivity index (χ1) is 15.4. The van der Waals surface area contributed by atoms with Gasteiger partial charge in [0.2, 0.25) is 5.91 Å². The predicted molar refractivity (Wildman–Crippen MR) is 114 cm³/mol. The number of nitrogens with two attached hydrogens (primary N) is 1. The number of sulfone groups is 1. The maximum Gasteiger partial charge on any atom is 0.501 e. The van der Waals surface area contributed by atoms with E-state index in [0.29, 0.717) is 26.8 Å². The standard InChI is InChI=1S/C18H15F3N4O5S3/c1-9-23-12(7-30-16(22)27)15(32-9)13-8-31-17(24-13)25-14(26)6-10-2-4-11(5-3-10)33(28,29)18(19,20)21/h2-5,8H,6-7H2,1H3,(H2,22,27)(H,24,25,26). The largest absolute Gasteiger partial charge is 0.501 e. The Hall–Kier alpha value is -3.04. The number of alkyl halides is 3. The SMILES string of the molecule is Cc1nc(COC(N)=O)c(-c2csc(NC(=O)Cc3ccc(S(=O)(=O)C(F)(F)F)cc3)n2)s1. The first kappa shape index (κ1) is 24.6. The van der Waals surface area contributed by atoms with Crippen molar-refractivity contribution in [3.8, 4) is 10.6 Å². The zero-order valence-corrected chi connectivity index (χ0v) is 19.1. The summed E-state index contributed by atoms with van der Waals surface area (Å²) < 4.78 is 65.4. The molecule has 0 aliphatic heterocycles. The highest BCUT2D eigenvalue weighted by Gasteiger charge is 2.46. The average molecular weight is 521 g/mol. The maximum absolute atomic E-state index is 12.6. The molecule has 15 heteroatoms. The highest BCUT2D eigenvalue weighted by Crippen LogP contribution is 2.33. The molecule has 33 heavy (non-hydrogen) atoms. The van der Waals surface area contributed by atoms with Crippen molar-refractivity contribution in [2.75, 3.05) is 5.32 Å². The van der Waals surface area contributed by atoms with Gasteiger partial charge in [-0.1, -0.05) is 12.1 Å². The minimum absolute atomic E-state index is 0.131. The molecule has 0 atom stereocenters. The van der Waals surface area contributed by atoms with Gasteiger partial charge in [0.1, 0.15) is 6.61 Å². The monoisotopic (exact) mass is 520 g/mol. The van der Waals surface area contributed by atoms with Crippen molar-refractivity contribution < 1.29 is 35.9 Å². The lowest BCUT2D eigenvalue weighted by molar-refractivity contribution is -0.115. The first-order valence-electron chi connectivity index (χ1n) is 8.91. The molecule has 0 saturated heterocycles. The molecule has 1 aromatic carbocycles. The molecule has 2 heterocycles. The van der Waals surface area contributed by atoms with Crippen LogP contribution in [0.5, 0.6) is 0 Å². The Morgan fingerprint density at radius 1 is 1.18 bits per heavy atom. The van der Waals surface area contributed by atoms with Crippen LogP contribution in [0.15, 0.2) is 34.5 Å². The molecule has 9 nitrogen and oxygen atoms in total. The number of ether oxygens (including phenoxy) is 1. The number of anilines is 1. The number of nitrogens with one attached hydrogen (secondary N) is 1. The summed E-state index contributed by atoms with van der Waals surface area (Å²) in [6.07, 6.45) is -1.15. The second kappa shape index (κ2) is 9.44. The lowest BCUT2D eigenvalue weighted by Crippen LogP contribution is -2.23. The first-order valence-corrected chi connectivity index (χ1v) is 12.1. The molecule has 0 spiro atoms. The normalized spacial score (nSPS) is 11.9. The Bertz CT molecular complexity index is 1280. The van der Waals surface area contributed by atoms with E-state index >= 15 is 0 Å². The summed E-state index contributed by atoms with van der Waals surface area (Å²) in [6, 6.07) is 3.87. The lowest BCUT2D eigenvalue weighted by Gasteiger charge is -2.08. The van der Waals surface area contributed by atoms with E-state index in [1.807, 2.05) is 0 Å². The zero-order chi connectivity index (χ0) is 24.4. The number of benzene rings is 1. The number of carbonyl (C=O) groups is 2. The summed E-state index contributed by atoms with van der Waals surface area (Å²) >= 11 is 2.45. The van der Waals surface area contributed by atoms with Gasteiger partial charge in [-0.2, -0.15) is 13.2 Å². The average Bonchev–Trinajstić information content (AvgIpc) is 3.31. The third-order valence-electron chi connectivity index (χ3n) is 4.04. The fourth-order valence-corrected chi connectivity index (χ4v) is 5.05. The van der Waals surface area contributed by atoms with Gasteiger partial charge in [0.05, 0.1) is 32.6 Å². The number of thiazole rings is 2. The van der Waals surface area contributed by atoms with Gasteiger partial charge in [0.25, 0.3) is 9.84 Å². The molecule has 0 bridgehead atoms. The van der Waals surface area contributed by atoms with Crippen LogP contribution in [0.25, 0.3) is 10.6 Å². The molecule has 0 unspecified atom stereocenters. The summed E-state index contributed by atoms with van der Waals surface area (Å²) in [6.45, 7) is 1.64. The van der Waals surface area contributed by atoms with Gasteiger partial charge in [-0.3, -0.25) is 4.79 Å². The van der Waals surface area contributed by atoms with Crippen LogP contribution in [0.4, 0.5) is 23.1 Å². The van der Waals surface area contributed by atoms with E-state index in [0.717, 1.165) is 35.6 Å². The number of primary amides is 1. The third-order valence-corrected chi connectivity index (χ3v) is 7.34. The van der Waals surface area contributed by atoms with E-state index in [1.165, 1.54) is 11.3 Å². The van der Waals surface area contributed by atoms with E-state index in [9.17, 15) is 31.2 Å². The number of halogens is 3. The number of aromatic nitrogens is 2. The topological polar surface area (TPSA) is 141 Å². The fourth-order valence-electron chi connectivity index (χ4n) is 2.61. The minimum Gasteiger partial charge on any atom is -0.443 e. The van der Waals surface area contributed by atoms with Crippen LogP contribution in [-0.2, 0) is 32.4 Å². The summed E-state index contributed by atoms with van der Waals surface area (Å²) in [4.78, 5) is 31.5. The van der Waals surface area contributed by atoms with E-state index in [-0.39, 0.29) is 18.2 Å². The number of hydrogen-bond donors (Lipinski definition) is 2. The van der Waals surface area contributed by atoms with Gasteiger partial charge < -0.3 is 15.8 Å². The van der Waals surface area contributed by atoms with Gasteiger partial charge in [-0.25, -0.2) is 23.2 Å². The molecule has 0 aliphatic rings. The Balaban J connectivity index is 1.67. The number of aryl methyl sites for hydroxylation is 1. The zero-order valence-electron chi connectivity index (χ0n) is 16.7. The van der Waals surface area contributed by atoms with E-state index < -0.39 is 32.2 Å². The van der Waals surface area contributed by atoms with Gasteiger partial charge in [-0.15, -0.1) is 22.7 Å². The summed E-state index contributed by atoms with van der Waals surface area (Å²) in [5.74, 6) is -0.500. The number of amides is 2. The Labute approximate surface area is 193 Å². The van der Waals surface area contributed by atoms with Crippen LogP contribution < -0.4 is 11.1 Å². The number of carbonyl (C=O) groups excluding carboxylic acids is 2. The van der Waals surface area contributed by atoms with Crippen molar-refractivity contribution in [1.82, 2.24) is 9.97 Å². The van der Waals surface area contributed by atoms with Crippen molar-refractivity contribution in [3.05, 3.63) is 45.9 Å². The van der Waals surface area contributed by atoms with Gasteiger partial charge >= 0.3 is 11.6 Å². The quantitative estimate of drug-likeness (QED) is 0.484. The van der Waals surface area contributed by atoms with E-state index in [2.05, 4.69) is 15.3 Å². The van der Waals surface area contributed by atoms with Crippen LogP contribution in [0.3, 0.4) is 0 Å². The highest BCUT2D eigenvalue weighted by molar-refractivity contribution is 7.92. The predicted octanol–water partition coefficient (Wildman–Crippen LogP) is 3.65. The molecule has 0 aliphatic carbocycles. The lowest BCUT2D eigenvalue weighted by atomic mass is 10.1. The number of nitrogens with zero attached hydrogens (tertiary/aromatic N) is 2. The number of rotatable bonds is 7. The van der Waals surface area contributed by atoms with Crippen molar-refractivity contribution >= 4 is 49.6 Å². The molecular weight excluding hydrogens is 505 g/mol. The second-order valence-corrected chi connectivity index (χ2v) is 10.5. The van der Waals surface area contributed by atoms with Gasteiger partial charge in [0.15, 0.2) is 5.13 Å². The molecular formula is C18H15F3N4O5S3. The summed E-state index contributed by atoms with van der Waals surface area (Å²) in [5, 5.41) is 5.22. The maximum atomic E-state index is 12.6. The van der Waals surface area contributed by atoms with E-state index in [4.69, 9.17) is 10.5 Å². The minimum atomic E-state index is -5.45. The van der Waals surface area contributed by atoms with Crippen molar-refractivity contribution in [1.29, 1.82) is 0 Å². The summed E-state index contributed by atoms with van der Waals surface area (Å²) in [5.41, 5.74) is 0.860.